The summed E-state index contributed by atoms with van der Waals surface area (Å²) in [6.07, 6.45) is 0. The van der Waals surface area contributed by atoms with Crippen molar-refractivity contribution in [1.29, 1.82) is 0 Å². The Hall–Kier alpha value is -0.820. The normalized spacial score (nSPS) is 14.1. The van der Waals surface area contributed by atoms with E-state index in [0.717, 1.165) is 6.54 Å². The maximum absolute atomic E-state index is 3.56. The monoisotopic (exact) mass is 233 g/mol. The second kappa shape index (κ2) is 5.68. The van der Waals surface area contributed by atoms with Gasteiger partial charge in [-0.25, -0.2) is 0 Å². The van der Waals surface area contributed by atoms with Gasteiger partial charge in [0.15, 0.2) is 0 Å². The summed E-state index contributed by atoms with van der Waals surface area (Å²) in [5.41, 5.74) is 3.02. The molecular formula is C16H27N. The van der Waals surface area contributed by atoms with Crippen molar-refractivity contribution in [2.24, 2.45) is 5.92 Å². The molecule has 0 saturated carbocycles. The molecule has 1 heteroatoms. The van der Waals surface area contributed by atoms with Crippen molar-refractivity contribution in [3.05, 3.63) is 35.4 Å². The van der Waals surface area contributed by atoms with Gasteiger partial charge in [-0.15, -0.1) is 0 Å². The van der Waals surface area contributed by atoms with E-state index in [9.17, 15) is 0 Å². The van der Waals surface area contributed by atoms with Crippen LogP contribution in [0.4, 0.5) is 0 Å². The van der Waals surface area contributed by atoms with Gasteiger partial charge in [-0.2, -0.15) is 0 Å². The van der Waals surface area contributed by atoms with E-state index in [-0.39, 0.29) is 5.41 Å². The zero-order valence-corrected chi connectivity index (χ0v) is 12.2. The highest BCUT2D eigenvalue weighted by molar-refractivity contribution is 5.28. The second-order valence-electron chi connectivity index (χ2n) is 6.40. The van der Waals surface area contributed by atoms with E-state index in [1.807, 2.05) is 0 Å². The molecule has 0 aliphatic carbocycles. The van der Waals surface area contributed by atoms with Gasteiger partial charge in [0.25, 0.3) is 0 Å². The first-order valence-electron chi connectivity index (χ1n) is 6.64. The second-order valence-corrected chi connectivity index (χ2v) is 6.40. The lowest BCUT2D eigenvalue weighted by molar-refractivity contribution is 0.496. The first-order valence-corrected chi connectivity index (χ1v) is 6.64. The fraction of sp³-hybridized carbons (Fsp3) is 0.625. The molecule has 1 nitrogen and oxygen atoms in total. The van der Waals surface area contributed by atoms with Crippen molar-refractivity contribution in [1.82, 2.24) is 5.32 Å². The maximum atomic E-state index is 3.56. The summed E-state index contributed by atoms with van der Waals surface area (Å²) in [5.74, 6) is 0.700. The summed E-state index contributed by atoms with van der Waals surface area (Å²) >= 11 is 0. The lowest BCUT2D eigenvalue weighted by Gasteiger charge is -2.21. The average Bonchev–Trinajstić information content (AvgIpc) is 2.25. The van der Waals surface area contributed by atoms with Crippen molar-refractivity contribution < 1.29 is 0 Å². The molecular weight excluding hydrogens is 206 g/mol. The summed E-state index contributed by atoms with van der Waals surface area (Å²) in [6.45, 7) is 14.5. The van der Waals surface area contributed by atoms with E-state index in [4.69, 9.17) is 0 Å². The zero-order chi connectivity index (χ0) is 13.1. The molecule has 0 saturated heterocycles. The van der Waals surface area contributed by atoms with Crippen LogP contribution in [-0.4, -0.2) is 6.54 Å². The molecule has 0 aliphatic rings. The van der Waals surface area contributed by atoms with Crippen LogP contribution >= 0.6 is 0 Å². The van der Waals surface area contributed by atoms with E-state index in [1.165, 1.54) is 11.1 Å². The highest BCUT2D eigenvalue weighted by Gasteiger charge is 2.13. The van der Waals surface area contributed by atoms with Gasteiger partial charge in [-0.05, 0) is 35.9 Å². The van der Waals surface area contributed by atoms with Gasteiger partial charge in [-0.3, -0.25) is 0 Å². The van der Waals surface area contributed by atoms with Crippen molar-refractivity contribution in [2.45, 2.75) is 53.0 Å². The molecule has 0 fully saturated rings. The van der Waals surface area contributed by atoms with Gasteiger partial charge in [-0.1, -0.05) is 58.9 Å². The summed E-state index contributed by atoms with van der Waals surface area (Å²) in [6, 6.07) is 9.44. The largest absolute Gasteiger partial charge is 0.310 e. The van der Waals surface area contributed by atoms with Crippen LogP contribution in [0, 0.1) is 5.92 Å². The third-order valence-corrected chi connectivity index (χ3v) is 3.11. The topological polar surface area (TPSA) is 12.0 Å². The number of hydrogen-bond acceptors (Lipinski definition) is 1. The molecule has 1 unspecified atom stereocenters. The minimum absolute atomic E-state index is 0.243. The van der Waals surface area contributed by atoms with E-state index >= 15 is 0 Å². The molecule has 0 heterocycles. The lowest BCUT2D eigenvalue weighted by atomic mass is 9.86. The lowest BCUT2D eigenvalue weighted by Crippen LogP contribution is -2.23. The van der Waals surface area contributed by atoms with Crippen molar-refractivity contribution in [3.8, 4) is 0 Å². The predicted molar refractivity (Wildman–Crippen MR) is 76.4 cm³/mol. The van der Waals surface area contributed by atoms with E-state index in [2.05, 4.69) is 71.1 Å². The molecule has 0 radical (unpaired) electrons. The molecule has 1 aromatic rings. The smallest absolute Gasteiger partial charge is 0.0291 e. The van der Waals surface area contributed by atoms with Crippen LogP contribution in [0.1, 0.15) is 58.7 Å². The number of benzene rings is 1. The third kappa shape index (κ3) is 4.51. The quantitative estimate of drug-likeness (QED) is 0.818. The Bertz CT molecular complexity index is 330. The van der Waals surface area contributed by atoms with Crippen molar-refractivity contribution >= 4 is 0 Å². The third-order valence-electron chi connectivity index (χ3n) is 3.11. The predicted octanol–water partition coefficient (Wildman–Crippen LogP) is 4.29. The van der Waals surface area contributed by atoms with Crippen LogP contribution in [0.5, 0.6) is 0 Å². The molecule has 1 atom stereocenters. The first kappa shape index (κ1) is 14.2. The molecule has 1 rings (SSSR count). The molecule has 17 heavy (non-hydrogen) atoms. The van der Waals surface area contributed by atoms with E-state index in [1.54, 1.807) is 0 Å². The molecule has 0 bridgehead atoms. The Morgan fingerprint density at radius 3 is 1.94 bits per heavy atom. The van der Waals surface area contributed by atoms with Gasteiger partial charge in [0, 0.05) is 6.04 Å². The Balaban J connectivity index is 2.67. The molecule has 1 N–H and O–H groups in total. The molecule has 96 valence electrons. The Labute approximate surface area is 107 Å². The summed E-state index contributed by atoms with van der Waals surface area (Å²) in [5, 5.41) is 3.56. The first-order chi connectivity index (χ1) is 7.80. The zero-order valence-electron chi connectivity index (χ0n) is 12.2. The standard InChI is InChI=1S/C16H27N/c1-12(2)11-17-13(3)14-7-9-15(10-8-14)16(4,5)6/h7-10,12-13,17H,11H2,1-6H3. The van der Waals surface area contributed by atoms with Crippen molar-refractivity contribution in [2.75, 3.05) is 6.54 Å². The highest BCUT2D eigenvalue weighted by Crippen LogP contribution is 2.23. The Kier molecular flexibility index (Phi) is 4.76. The SMILES string of the molecule is CC(C)CNC(C)c1ccc(C(C)(C)C)cc1. The number of hydrogen-bond donors (Lipinski definition) is 1. The van der Waals surface area contributed by atoms with Crippen LogP contribution in [0.15, 0.2) is 24.3 Å². The van der Waals surface area contributed by atoms with Crippen LogP contribution in [-0.2, 0) is 5.41 Å². The number of rotatable bonds is 4. The van der Waals surface area contributed by atoms with Gasteiger partial charge < -0.3 is 5.32 Å². The maximum Gasteiger partial charge on any atom is 0.0291 e. The molecule has 0 spiro atoms. The van der Waals surface area contributed by atoms with Crippen LogP contribution in [0.25, 0.3) is 0 Å². The van der Waals surface area contributed by atoms with Crippen LogP contribution < -0.4 is 5.32 Å². The molecule has 0 aromatic heterocycles. The Morgan fingerprint density at radius 2 is 1.53 bits per heavy atom. The van der Waals surface area contributed by atoms with E-state index in [0.29, 0.717) is 12.0 Å². The minimum atomic E-state index is 0.243. The summed E-state index contributed by atoms with van der Waals surface area (Å²) in [4.78, 5) is 0. The van der Waals surface area contributed by atoms with Gasteiger partial charge in [0.1, 0.15) is 0 Å². The van der Waals surface area contributed by atoms with Crippen LogP contribution in [0.3, 0.4) is 0 Å². The van der Waals surface area contributed by atoms with Crippen molar-refractivity contribution in [3.63, 3.8) is 0 Å². The van der Waals surface area contributed by atoms with Crippen LogP contribution in [0.2, 0.25) is 0 Å². The fourth-order valence-electron chi connectivity index (χ4n) is 1.80. The molecule has 1 aromatic carbocycles. The average molecular weight is 233 g/mol. The fourth-order valence-corrected chi connectivity index (χ4v) is 1.80. The molecule has 0 aliphatic heterocycles. The summed E-state index contributed by atoms with van der Waals surface area (Å²) in [7, 11) is 0. The van der Waals surface area contributed by atoms with E-state index < -0.39 is 0 Å². The van der Waals surface area contributed by atoms with Gasteiger partial charge in [0.2, 0.25) is 0 Å². The highest BCUT2D eigenvalue weighted by atomic mass is 14.9. The number of nitrogens with one attached hydrogen (secondary N) is 1. The Morgan fingerprint density at radius 1 is 1.00 bits per heavy atom. The summed E-state index contributed by atoms with van der Waals surface area (Å²) < 4.78 is 0. The van der Waals surface area contributed by atoms with Gasteiger partial charge in [0.05, 0.1) is 0 Å². The molecule has 0 amide bonds. The minimum Gasteiger partial charge on any atom is -0.310 e. The van der Waals surface area contributed by atoms with Gasteiger partial charge >= 0.3 is 0 Å².